The zero-order valence-corrected chi connectivity index (χ0v) is 14.4. The third kappa shape index (κ3) is 4.66. The minimum Gasteiger partial charge on any atom is -0.489 e. The highest BCUT2D eigenvalue weighted by atomic mass is 19.1. The topological polar surface area (TPSA) is 51.2 Å². The fourth-order valence-electron chi connectivity index (χ4n) is 2.46. The molecule has 1 heterocycles. The normalized spacial score (nSPS) is 11.6. The molecule has 4 nitrogen and oxygen atoms in total. The maximum absolute atomic E-state index is 13.0. The number of benzene rings is 2. The lowest BCUT2D eigenvalue weighted by molar-refractivity contribution is 0.0940. The van der Waals surface area contributed by atoms with E-state index in [1.165, 1.54) is 12.1 Å². The van der Waals surface area contributed by atoms with Crippen LogP contribution in [0.3, 0.4) is 0 Å². The highest BCUT2D eigenvalue weighted by molar-refractivity contribution is 5.94. The molecule has 1 amide bonds. The summed E-state index contributed by atoms with van der Waals surface area (Å²) < 4.78 is 18.7. The van der Waals surface area contributed by atoms with Gasteiger partial charge < -0.3 is 10.1 Å². The van der Waals surface area contributed by atoms with Gasteiger partial charge in [-0.05, 0) is 66.6 Å². The van der Waals surface area contributed by atoms with Gasteiger partial charge in [0.2, 0.25) is 0 Å². The van der Waals surface area contributed by atoms with Crippen LogP contribution in [0.25, 0.3) is 0 Å². The van der Waals surface area contributed by atoms with E-state index in [9.17, 15) is 9.18 Å². The number of ether oxygens (including phenoxy) is 1. The summed E-state index contributed by atoms with van der Waals surface area (Å²) in [5.74, 6) is 0.196. The lowest BCUT2D eigenvalue weighted by atomic mass is 10.1. The summed E-state index contributed by atoms with van der Waals surface area (Å²) in [4.78, 5) is 16.3. The minimum atomic E-state index is -0.297. The molecule has 0 aliphatic rings. The second-order valence-electron chi connectivity index (χ2n) is 5.92. The van der Waals surface area contributed by atoms with E-state index in [0.717, 1.165) is 11.1 Å². The maximum atomic E-state index is 13.0. The Morgan fingerprint density at radius 2 is 1.69 bits per heavy atom. The molecule has 3 aromatic rings. The number of hydrogen-bond donors (Lipinski definition) is 1. The van der Waals surface area contributed by atoms with E-state index < -0.39 is 0 Å². The van der Waals surface area contributed by atoms with Crippen LogP contribution < -0.4 is 10.1 Å². The molecule has 0 saturated heterocycles. The van der Waals surface area contributed by atoms with Gasteiger partial charge in [-0.25, -0.2) is 4.39 Å². The van der Waals surface area contributed by atoms with Crippen LogP contribution in [0.4, 0.5) is 4.39 Å². The molecule has 1 unspecified atom stereocenters. The van der Waals surface area contributed by atoms with Gasteiger partial charge in [-0.15, -0.1) is 0 Å². The molecule has 0 aliphatic heterocycles. The SMILES string of the molecule is CC(NC(=O)c1ccc(OCc2ccncc2)cc1)c1ccc(F)cc1. The largest absolute Gasteiger partial charge is 0.489 e. The number of nitrogens with one attached hydrogen (secondary N) is 1. The molecule has 1 aromatic heterocycles. The van der Waals surface area contributed by atoms with Crippen LogP contribution >= 0.6 is 0 Å². The van der Waals surface area contributed by atoms with Crippen LogP contribution in [0.5, 0.6) is 5.75 Å². The number of hydrogen-bond acceptors (Lipinski definition) is 3. The first-order chi connectivity index (χ1) is 12.6. The lowest BCUT2D eigenvalue weighted by Gasteiger charge is -2.14. The van der Waals surface area contributed by atoms with Crippen molar-refractivity contribution in [3.63, 3.8) is 0 Å². The Morgan fingerprint density at radius 3 is 2.35 bits per heavy atom. The molecule has 132 valence electrons. The number of carbonyl (C=O) groups is 1. The first kappa shape index (κ1) is 17.6. The number of nitrogens with zero attached hydrogens (tertiary/aromatic N) is 1. The highest BCUT2D eigenvalue weighted by Crippen LogP contribution is 2.16. The van der Waals surface area contributed by atoms with Gasteiger partial charge in [-0.1, -0.05) is 12.1 Å². The van der Waals surface area contributed by atoms with Crippen molar-refractivity contribution < 1.29 is 13.9 Å². The Bertz CT molecular complexity index is 849. The second-order valence-corrected chi connectivity index (χ2v) is 5.92. The molecule has 0 bridgehead atoms. The van der Waals surface area contributed by atoms with E-state index >= 15 is 0 Å². The molecule has 3 rings (SSSR count). The number of carbonyl (C=O) groups excluding carboxylic acids is 1. The van der Waals surface area contributed by atoms with Gasteiger partial charge in [-0.3, -0.25) is 9.78 Å². The number of aromatic nitrogens is 1. The molecule has 1 N–H and O–H groups in total. The Balaban J connectivity index is 1.57. The predicted molar refractivity (Wildman–Crippen MR) is 97.3 cm³/mol. The number of halogens is 1. The summed E-state index contributed by atoms with van der Waals surface area (Å²) in [5, 5.41) is 2.90. The third-order valence-corrected chi connectivity index (χ3v) is 3.99. The summed E-state index contributed by atoms with van der Waals surface area (Å²) >= 11 is 0. The van der Waals surface area contributed by atoms with E-state index in [-0.39, 0.29) is 17.8 Å². The van der Waals surface area contributed by atoms with Crippen LogP contribution in [0.15, 0.2) is 73.1 Å². The summed E-state index contributed by atoms with van der Waals surface area (Å²) in [6, 6.07) is 16.6. The quantitative estimate of drug-likeness (QED) is 0.721. The number of pyridine rings is 1. The molecule has 2 aromatic carbocycles. The van der Waals surface area contributed by atoms with Crippen LogP contribution in [0.2, 0.25) is 0 Å². The molecular weight excluding hydrogens is 331 g/mol. The van der Waals surface area contributed by atoms with Crippen molar-refractivity contribution >= 4 is 5.91 Å². The van der Waals surface area contributed by atoms with Crippen LogP contribution in [-0.4, -0.2) is 10.9 Å². The van der Waals surface area contributed by atoms with Crippen molar-refractivity contribution in [2.45, 2.75) is 19.6 Å². The van der Waals surface area contributed by atoms with E-state index in [1.807, 2.05) is 19.1 Å². The average Bonchev–Trinajstić information content (AvgIpc) is 2.68. The van der Waals surface area contributed by atoms with Crippen molar-refractivity contribution in [1.82, 2.24) is 10.3 Å². The molecule has 26 heavy (non-hydrogen) atoms. The number of rotatable bonds is 6. The van der Waals surface area contributed by atoms with Gasteiger partial charge in [0.25, 0.3) is 5.91 Å². The molecule has 0 aliphatic carbocycles. The Morgan fingerprint density at radius 1 is 1.04 bits per heavy atom. The van der Waals surface area contributed by atoms with Crippen LogP contribution in [0.1, 0.15) is 34.5 Å². The fourth-order valence-corrected chi connectivity index (χ4v) is 2.46. The molecule has 0 spiro atoms. The van der Waals surface area contributed by atoms with Crippen molar-refractivity contribution in [2.75, 3.05) is 0 Å². The van der Waals surface area contributed by atoms with Gasteiger partial charge >= 0.3 is 0 Å². The third-order valence-electron chi connectivity index (χ3n) is 3.99. The van der Waals surface area contributed by atoms with E-state index in [1.54, 1.807) is 48.8 Å². The average molecular weight is 350 g/mol. The van der Waals surface area contributed by atoms with Gasteiger partial charge in [0.05, 0.1) is 6.04 Å². The van der Waals surface area contributed by atoms with E-state index in [0.29, 0.717) is 17.9 Å². The molecule has 0 saturated carbocycles. The molecule has 0 radical (unpaired) electrons. The summed E-state index contributed by atoms with van der Waals surface area (Å²) in [7, 11) is 0. The monoisotopic (exact) mass is 350 g/mol. The van der Waals surface area contributed by atoms with Crippen LogP contribution in [-0.2, 0) is 6.61 Å². The first-order valence-electron chi connectivity index (χ1n) is 8.30. The second kappa shape index (κ2) is 8.25. The van der Waals surface area contributed by atoms with E-state index in [4.69, 9.17) is 4.74 Å². The van der Waals surface area contributed by atoms with Gasteiger partial charge in [0, 0.05) is 18.0 Å². The molecule has 5 heteroatoms. The summed E-state index contributed by atoms with van der Waals surface area (Å²) in [5.41, 5.74) is 2.40. The fraction of sp³-hybridized carbons (Fsp3) is 0.143. The highest BCUT2D eigenvalue weighted by Gasteiger charge is 2.11. The van der Waals surface area contributed by atoms with Crippen molar-refractivity contribution in [3.05, 3.63) is 95.6 Å². The van der Waals surface area contributed by atoms with E-state index in [2.05, 4.69) is 10.3 Å². The van der Waals surface area contributed by atoms with Gasteiger partial charge in [0.15, 0.2) is 0 Å². The van der Waals surface area contributed by atoms with Gasteiger partial charge in [0.1, 0.15) is 18.2 Å². The van der Waals surface area contributed by atoms with Crippen molar-refractivity contribution in [1.29, 1.82) is 0 Å². The lowest BCUT2D eigenvalue weighted by Crippen LogP contribution is -2.26. The Kier molecular flexibility index (Phi) is 5.59. The summed E-state index contributed by atoms with van der Waals surface area (Å²) in [6.07, 6.45) is 3.43. The molecule has 0 fully saturated rings. The smallest absolute Gasteiger partial charge is 0.251 e. The van der Waals surface area contributed by atoms with Crippen LogP contribution in [0, 0.1) is 5.82 Å². The zero-order chi connectivity index (χ0) is 18.4. The Labute approximate surface area is 151 Å². The zero-order valence-electron chi connectivity index (χ0n) is 14.4. The van der Waals surface area contributed by atoms with Crippen molar-refractivity contribution in [2.24, 2.45) is 0 Å². The maximum Gasteiger partial charge on any atom is 0.251 e. The first-order valence-corrected chi connectivity index (χ1v) is 8.30. The van der Waals surface area contributed by atoms with Crippen molar-refractivity contribution in [3.8, 4) is 5.75 Å². The standard InChI is InChI=1S/C21H19FN2O2/c1-15(17-2-6-19(22)7-3-17)24-21(25)18-4-8-20(9-5-18)26-14-16-10-12-23-13-11-16/h2-13,15H,14H2,1H3,(H,24,25). The summed E-state index contributed by atoms with van der Waals surface area (Å²) in [6.45, 7) is 2.30. The Hall–Kier alpha value is -3.21. The van der Waals surface area contributed by atoms with Gasteiger partial charge in [-0.2, -0.15) is 0 Å². The number of amides is 1. The molecule has 1 atom stereocenters. The molecular formula is C21H19FN2O2. The minimum absolute atomic E-state index is 0.192. The predicted octanol–water partition coefficient (Wildman–Crippen LogP) is 4.29.